The van der Waals surface area contributed by atoms with E-state index in [0.717, 1.165) is 69.6 Å². The average Bonchev–Trinajstić information content (AvgIpc) is 3.11. The molecule has 25 heavy (non-hydrogen) atoms. The first-order valence-corrected chi connectivity index (χ1v) is 8.94. The van der Waals surface area contributed by atoms with Gasteiger partial charge in [0.2, 0.25) is 5.95 Å². The second-order valence-electron chi connectivity index (χ2n) is 6.87. The van der Waals surface area contributed by atoms with E-state index in [1.165, 1.54) is 0 Å². The molecule has 0 N–H and O–H groups in total. The van der Waals surface area contributed by atoms with Gasteiger partial charge in [-0.25, -0.2) is 19.9 Å². The predicted molar refractivity (Wildman–Crippen MR) is 94.1 cm³/mol. The van der Waals surface area contributed by atoms with Gasteiger partial charge >= 0.3 is 0 Å². The lowest BCUT2D eigenvalue weighted by Gasteiger charge is -2.34. The van der Waals surface area contributed by atoms with E-state index in [4.69, 9.17) is 9.72 Å². The van der Waals surface area contributed by atoms with E-state index in [1.807, 2.05) is 18.3 Å². The van der Waals surface area contributed by atoms with Gasteiger partial charge in [-0.05, 0) is 31.9 Å². The highest BCUT2D eigenvalue weighted by molar-refractivity contribution is 5.29. The largest absolute Gasteiger partial charge is 0.367 e. The Labute approximate surface area is 148 Å². The molecule has 4 heterocycles. The molecular formula is C18H24N6O. The highest BCUT2D eigenvalue weighted by Crippen LogP contribution is 2.33. The van der Waals surface area contributed by atoms with Gasteiger partial charge in [0.05, 0.1) is 5.69 Å². The molecule has 2 aliphatic heterocycles. The Morgan fingerprint density at radius 2 is 1.88 bits per heavy atom. The first kappa shape index (κ1) is 16.4. The van der Waals surface area contributed by atoms with Gasteiger partial charge in [0.15, 0.2) is 5.82 Å². The molecule has 2 aliphatic rings. The number of ether oxygens (including phenoxy) is 1. The van der Waals surface area contributed by atoms with Crippen LogP contribution in [-0.4, -0.2) is 57.6 Å². The lowest BCUT2D eigenvalue weighted by atomic mass is 10.0. The van der Waals surface area contributed by atoms with Crippen LogP contribution < -0.4 is 4.90 Å². The van der Waals surface area contributed by atoms with Crippen LogP contribution in [0.3, 0.4) is 0 Å². The Balaban J connectivity index is 1.37. The van der Waals surface area contributed by atoms with Crippen LogP contribution in [0, 0.1) is 0 Å². The third-order valence-electron chi connectivity index (χ3n) is 5.00. The number of hydrogen-bond acceptors (Lipinski definition) is 7. The molecule has 2 aromatic rings. The molecular weight excluding hydrogens is 316 g/mol. The van der Waals surface area contributed by atoms with Crippen LogP contribution in [0.5, 0.6) is 0 Å². The molecule has 2 fully saturated rings. The van der Waals surface area contributed by atoms with Crippen molar-refractivity contribution in [2.75, 3.05) is 37.7 Å². The highest BCUT2D eigenvalue weighted by atomic mass is 16.5. The van der Waals surface area contributed by atoms with Crippen molar-refractivity contribution in [3.8, 4) is 0 Å². The topological polar surface area (TPSA) is 67.3 Å². The van der Waals surface area contributed by atoms with Crippen molar-refractivity contribution in [2.45, 2.75) is 31.9 Å². The van der Waals surface area contributed by atoms with Gasteiger partial charge < -0.3 is 9.64 Å². The lowest BCUT2D eigenvalue weighted by molar-refractivity contribution is 0.00901. The van der Waals surface area contributed by atoms with E-state index in [0.29, 0.717) is 0 Å². The molecule has 4 rings (SSSR count). The number of rotatable bonds is 4. The summed E-state index contributed by atoms with van der Waals surface area (Å²) in [6.45, 7) is 7.56. The van der Waals surface area contributed by atoms with Crippen molar-refractivity contribution in [3.05, 3.63) is 42.2 Å². The zero-order chi connectivity index (χ0) is 17.1. The Morgan fingerprint density at radius 1 is 1.08 bits per heavy atom. The monoisotopic (exact) mass is 340 g/mol. The summed E-state index contributed by atoms with van der Waals surface area (Å²) in [4.78, 5) is 22.6. The Bertz CT molecular complexity index is 696. The maximum absolute atomic E-state index is 5.88. The van der Waals surface area contributed by atoms with Gasteiger partial charge in [-0.15, -0.1) is 0 Å². The van der Waals surface area contributed by atoms with Gasteiger partial charge in [0.25, 0.3) is 0 Å². The van der Waals surface area contributed by atoms with Crippen molar-refractivity contribution in [1.29, 1.82) is 0 Å². The van der Waals surface area contributed by atoms with Crippen LogP contribution in [0.2, 0.25) is 0 Å². The molecule has 0 aliphatic carbocycles. The Kier molecular flexibility index (Phi) is 4.59. The molecule has 0 radical (unpaired) electrons. The number of aromatic nitrogens is 4. The third-order valence-corrected chi connectivity index (χ3v) is 5.00. The minimum absolute atomic E-state index is 0.320. The summed E-state index contributed by atoms with van der Waals surface area (Å²) in [6.07, 6.45) is 7.52. The maximum atomic E-state index is 5.88. The molecule has 2 aromatic heterocycles. The van der Waals surface area contributed by atoms with Crippen molar-refractivity contribution in [3.63, 3.8) is 0 Å². The van der Waals surface area contributed by atoms with Crippen LogP contribution in [0.15, 0.2) is 30.7 Å². The molecule has 0 bridgehead atoms. The molecule has 7 heteroatoms. The maximum Gasteiger partial charge on any atom is 0.225 e. The predicted octanol–water partition coefficient (Wildman–Crippen LogP) is 1.61. The fraction of sp³-hybridized carbons (Fsp3) is 0.556. The summed E-state index contributed by atoms with van der Waals surface area (Å²) in [6, 6.07) is 3.86. The number of anilines is 1. The summed E-state index contributed by atoms with van der Waals surface area (Å²) in [5.74, 6) is 1.64. The minimum atomic E-state index is -0.320. The molecule has 0 aromatic carbocycles. The molecule has 0 amide bonds. The normalized spacial score (nSPS) is 24.6. The SMILES string of the molecule is C[C@]1(c2nccc(CN3CCN(c4ncccn4)CC3)n2)CCCO1. The second-order valence-corrected chi connectivity index (χ2v) is 6.87. The minimum Gasteiger partial charge on any atom is -0.367 e. The summed E-state index contributed by atoms with van der Waals surface area (Å²) in [5, 5.41) is 0. The summed E-state index contributed by atoms with van der Waals surface area (Å²) in [5.41, 5.74) is 0.741. The van der Waals surface area contributed by atoms with E-state index in [9.17, 15) is 0 Å². The van der Waals surface area contributed by atoms with Crippen molar-refractivity contribution >= 4 is 5.95 Å². The zero-order valence-corrected chi connectivity index (χ0v) is 14.6. The van der Waals surface area contributed by atoms with Crippen LogP contribution in [-0.2, 0) is 16.9 Å². The van der Waals surface area contributed by atoms with Crippen LogP contribution in [0.4, 0.5) is 5.95 Å². The summed E-state index contributed by atoms with van der Waals surface area (Å²) in [7, 11) is 0. The van der Waals surface area contributed by atoms with Crippen LogP contribution in [0.25, 0.3) is 0 Å². The molecule has 0 saturated carbocycles. The molecule has 132 valence electrons. The number of hydrogen-bond donors (Lipinski definition) is 0. The fourth-order valence-corrected chi connectivity index (χ4v) is 3.48. The highest BCUT2D eigenvalue weighted by Gasteiger charge is 2.34. The van der Waals surface area contributed by atoms with Crippen molar-refractivity contribution < 1.29 is 4.74 Å². The van der Waals surface area contributed by atoms with Gasteiger partial charge in [-0.3, -0.25) is 4.90 Å². The van der Waals surface area contributed by atoms with Gasteiger partial charge in [-0.2, -0.15) is 0 Å². The van der Waals surface area contributed by atoms with E-state index in [1.54, 1.807) is 12.4 Å². The summed E-state index contributed by atoms with van der Waals surface area (Å²) < 4.78 is 5.88. The first-order valence-electron chi connectivity index (χ1n) is 8.94. The zero-order valence-electron chi connectivity index (χ0n) is 14.6. The van der Waals surface area contributed by atoms with E-state index in [-0.39, 0.29) is 5.60 Å². The van der Waals surface area contributed by atoms with Gasteiger partial charge in [0, 0.05) is 57.9 Å². The number of nitrogens with zero attached hydrogens (tertiary/aromatic N) is 6. The molecule has 7 nitrogen and oxygen atoms in total. The Hall–Kier alpha value is -2.12. The van der Waals surface area contributed by atoms with Gasteiger partial charge in [0.1, 0.15) is 5.60 Å². The van der Waals surface area contributed by atoms with E-state index in [2.05, 4.69) is 31.7 Å². The van der Waals surface area contributed by atoms with Crippen molar-refractivity contribution in [1.82, 2.24) is 24.8 Å². The number of piperazine rings is 1. The van der Waals surface area contributed by atoms with E-state index >= 15 is 0 Å². The van der Waals surface area contributed by atoms with Crippen LogP contribution in [0.1, 0.15) is 31.3 Å². The molecule has 2 saturated heterocycles. The smallest absolute Gasteiger partial charge is 0.225 e. The fourth-order valence-electron chi connectivity index (χ4n) is 3.48. The molecule has 1 atom stereocenters. The van der Waals surface area contributed by atoms with Crippen LogP contribution >= 0.6 is 0 Å². The second kappa shape index (κ2) is 7.01. The average molecular weight is 340 g/mol. The van der Waals surface area contributed by atoms with Crippen molar-refractivity contribution in [2.24, 2.45) is 0 Å². The van der Waals surface area contributed by atoms with E-state index < -0.39 is 0 Å². The quantitative estimate of drug-likeness (QED) is 0.838. The molecule has 0 spiro atoms. The standard InChI is InChI=1S/C18H24N6O/c1-18(5-2-13-25-18)16-19-8-4-15(22-16)14-23-9-11-24(12-10-23)17-20-6-3-7-21-17/h3-4,6-8H,2,5,9-14H2,1H3/t18-/m1/s1. The Morgan fingerprint density at radius 3 is 2.60 bits per heavy atom. The lowest BCUT2D eigenvalue weighted by Crippen LogP contribution is -2.46. The first-order chi connectivity index (χ1) is 12.2. The summed E-state index contributed by atoms with van der Waals surface area (Å²) >= 11 is 0. The molecule has 0 unspecified atom stereocenters. The van der Waals surface area contributed by atoms with Gasteiger partial charge in [-0.1, -0.05) is 0 Å². The third kappa shape index (κ3) is 3.62.